The summed E-state index contributed by atoms with van der Waals surface area (Å²) in [5, 5.41) is 5.58. The summed E-state index contributed by atoms with van der Waals surface area (Å²) in [6.07, 6.45) is 1.07. The smallest absolute Gasteiger partial charge is 0.0386 e. The maximum Gasteiger partial charge on any atom is 0.0386 e. The number of nitrogens with one attached hydrogen (secondary N) is 1. The molecule has 0 saturated heterocycles. The molecule has 0 aromatic carbocycles. The second-order valence-electron chi connectivity index (χ2n) is 3.40. The van der Waals surface area contributed by atoms with Crippen LogP contribution in [0.4, 0.5) is 0 Å². The number of hydrogen-bond acceptors (Lipinski definition) is 2. The van der Waals surface area contributed by atoms with E-state index in [9.17, 15) is 0 Å². The van der Waals surface area contributed by atoms with Gasteiger partial charge in [-0.15, -0.1) is 17.9 Å². The second-order valence-corrected chi connectivity index (χ2v) is 4.38. The third-order valence-electron chi connectivity index (χ3n) is 1.97. The highest BCUT2D eigenvalue weighted by Gasteiger charge is 2.03. The highest BCUT2D eigenvalue weighted by atomic mass is 32.1. The summed E-state index contributed by atoms with van der Waals surface area (Å²) in [5.41, 5.74) is 1.24. The first-order chi connectivity index (χ1) is 6.20. The van der Waals surface area contributed by atoms with Gasteiger partial charge in [0.15, 0.2) is 0 Å². The van der Waals surface area contributed by atoms with Crippen molar-refractivity contribution < 1.29 is 0 Å². The fraction of sp³-hybridized carbons (Fsp3) is 0.455. The summed E-state index contributed by atoms with van der Waals surface area (Å²) < 4.78 is 0. The summed E-state index contributed by atoms with van der Waals surface area (Å²) in [7, 11) is 0. The number of thiophene rings is 1. The van der Waals surface area contributed by atoms with Gasteiger partial charge in [-0.05, 0) is 38.3 Å². The lowest BCUT2D eigenvalue weighted by atomic mass is 10.2. The van der Waals surface area contributed by atoms with Gasteiger partial charge in [-0.1, -0.05) is 11.6 Å². The number of hydrogen-bond donors (Lipinski definition) is 1. The Morgan fingerprint density at radius 1 is 1.69 bits per heavy atom. The molecule has 0 aliphatic carbocycles. The van der Waals surface area contributed by atoms with E-state index >= 15 is 0 Å². The average molecular weight is 195 g/mol. The summed E-state index contributed by atoms with van der Waals surface area (Å²) in [4.78, 5) is 1.40. The molecule has 1 atom stereocenters. The van der Waals surface area contributed by atoms with Crippen LogP contribution in [0.15, 0.2) is 29.7 Å². The van der Waals surface area contributed by atoms with E-state index in [1.807, 2.05) is 0 Å². The predicted molar refractivity (Wildman–Crippen MR) is 60.2 cm³/mol. The van der Waals surface area contributed by atoms with Crippen LogP contribution < -0.4 is 5.32 Å². The third-order valence-corrected chi connectivity index (χ3v) is 3.03. The quantitative estimate of drug-likeness (QED) is 0.710. The van der Waals surface area contributed by atoms with E-state index < -0.39 is 0 Å². The minimum Gasteiger partial charge on any atom is -0.309 e. The van der Waals surface area contributed by atoms with Crippen molar-refractivity contribution in [3.8, 4) is 0 Å². The van der Waals surface area contributed by atoms with Crippen molar-refractivity contribution >= 4 is 11.3 Å². The van der Waals surface area contributed by atoms with Gasteiger partial charge >= 0.3 is 0 Å². The lowest BCUT2D eigenvalue weighted by Crippen LogP contribution is -2.18. The van der Waals surface area contributed by atoms with Crippen LogP contribution in [0.25, 0.3) is 0 Å². The van der Waals surface area contributed by atoms with Gasteiger partial charge in [-0.3, -0.25) is 0 Å². The Bertz CT molecular complexity index is 251. The van der Waals surface area contributed by atoms with Gasteiger partial charge in [-0.25, -0.2) is 0 Å². The van der Waals surface area contributed by atoms with Gasteiger partial charge in [-0.2, -0.15) is 0 Å². The highest BCUT2D eigenvalue weighted by Crippen LogP contribution is 2.17. The molecule has 1 N–H and O–H groups in total. The van der Waals surface area contributed by atoms with Crippen LogP contribution >= 0.6 is 11.3 Å². The normalized spacial score (nSPS) is 12.8. The molecule has 0 aliphatic heterocycles. The molecule has 1 rings (SSSR count). The third kappa shape index (κ3) is 3.75. The van der Waals surface area contributed by atoms with Crippen molar-refractivity contribution in [1.29, 1.82) is 0 Å². The van der Waals surface area contributed by atoms with E-state index in [0.717, 1.165) is 13.0 Å². The van der Waals surface area contributed by atoms with E-state index in [1.165, 1.54) is 10.5 Å². The van der Waals surface area contributed by atoms with Gasteiger partial charge in [0.05, 0.1) is 0 Å². The Hall–Kier alpha value is -0.600. The van der Waals surface area contributed by atoms with Crippen LogP contribution in [-0.4, -0.2) is 6.54 Å². The molecule has 2 heteroatoms. The molecule has 1 heterocycles. The molecule has 0 radical (unpaired) electrons. The van der Waals surface area contributed by atoms with Crippen molar-refractivity contribution in [3.05, 3.63) is 34.5 Å². The van der Waals surface area contributed by atoms with Crippen molar-refractivity contribution in [2.75, 3.05) is 6.54 Å². The molecule has 1 aromatic rings. The van der Waals surface area contributed by atoms with Gasteiger partial charge in [0, 0.05) is 10.9 Å². The molecular formula is C11H17NS. The lowest BCUT2D eigenvalue weighted by molar-refractivity contribution is 0.584. The van der Waals surface area contributed by atoms with Crippen LogP contribution in [0.1, 0.15) is 31.2 Å². The fourth-order valence-electron chi connectivity index (χ4n) is 1.14. The molecule has 0 aliphatic rings. The monoisotopic (exact) mass is 195 g/mol. The first-order valence-electron chi connectivity index (χ1n) is 4.61. The van der Waals surface area contributed by atoms with Crippen molar-refractivity contribution in [1.82, 2.24) is 5.32 Å². The molecule has 0 fully saturated rings. The van der Waals surface area contributed by atoms with Crippen LogP contribution in [0.3, 0.4) is 0 Å². The first kappa shape index (κ1) is 10.5. The fourth-order valence-corrected chi connectivity index (χ4v) is 1.90. The minimum absolute atomic E-state index is 0.472. The summed E-state index contributed by atoms with van der Waals surface area (Å²) in [6.45, 7) is 9.17. The van der Waals surface area contributed by atoms with Crippen LogP contribution in [0.5, 0.6) is 0 Å². The molecule has 72 valence electrons. The van der Waals surface area contributed by atoms with E-state index in [1.54, 1.807) is 11.3 Å². The maximum absolute atomic E-state index is 3.88. The summed E-state index contributed by atoms with van der Waals surface area (Å²) >= 11 is 1.80. The molecule has 0 amide bonds. The van der Waals surface area contributed by atoms with Gasteiger partial charge in [0.25, 0.3) is 0 Å². The van der Waals surface area contributed by atoms with Crippen LogP contribution in [-0.2, 0) is 0 Å². The van der Waals surface area contributed by atoms with Crippen molar-refractivity contribution in [3.63, 3.8) is 0 Å². The first-order valence-corrected chi connectivity index (χ1v) is 5.49. The topological polar surface area (TPSA) is 12.0 Å². The zero-order valence-corrected chi connectivity index (χ0v) is 9.16. The molecule has 13 heavy (non-hydrogen) atoms. The maximum atomic E-state index is 3.88. The lowest BCUT2D eigenvalue weighted by Gasteiger charge is -2.11. The average Bonchev–Trinajstić information content (AvgIpc) is 2.55. The molecule has 0 bridgehead atoms. The highest BCUT2D eigenvalue weighted by molar-refractivity contribution is 7.10. The zero-order valence-electron chi connectivity index (χ0n) is 8.34. The molecule has 0 spiro atoms. The Morgan fingerprint density at radius 3 is 3.00 bits per heavy atom. The molecule has 1 aromatic heterocycles. The van der Waals surface area contributed by atoms with E-state index in [-0.39, 0.29) is 0 Å². The Labute approximate surface area is 84.5 Å². The predicted octanol–water partition coefficient (Wildman–Crippen LogP) is 3.36. The Morgan fingerprint density at radius 2 is 2.46 bits per heavy atom. The van der Waals surface area contributed by atoms with E-state index in [0.29, 0.717) is 6.04 Å². The number of rotatable bonds is 5. The molecule has 0 unspecified atom stereocenters. The Balaban J connectivity index is 2.26. The summed E-state index contributed by atoms with van der Waals surface area (Å²) in [5.74, 6) is 0. The van der Waals surface area contributed by atoms with Crippen LogP contribution in [0.2, 0.25) is 0 Å². The van der Waals surface area contributed by atoms with Crippen LogP contribution in [0, 0.1) is 0 Å². The summed E-state index contributed by atoms with van der Waals surface area (Å²) in [6, 6.07) is 4.74. The molecular weight excluding hydrogens is 178 g/mol. The van der Waals surface area contributed by atoms with Crippen molar-refractivity contribution in [2.24, 2.45) is 0 Å². The van der Waals surface area contributed by atoms with Gasteiger partial charge in [0.2, 0.25) is 0 Å². The SMILES string of the molecule is C=C(C)CCN[C@@H](C)c1cccs1. The second kappa shape index (κ2) is 5.20. The van der Waals surface area contributed by atoms with E-state index in [2.05, 4.69) is 43.3 Å². The molecule has 0 saturated carbocycles. The Kier molecular flexibility index (Phi) is 4.19. The van der Waals surface area contributed by atoms with E-state index in [4.69, 9.17) is 0 Å². The zero-order chi connectivity index (χ0) is 9.68. The van der Waals surface area contributed by atoms with Gasteiger partial charge in [0.1, 0.15) is 0 Å². The van der Waals surface area contributed by atoms with Gasteiger partial charge < -0.3 is 5.32 Å². The largest absolute Gasteiger partial charge is 0.309 e. The van der Waals surface area contributed by atoms with Crippen molar-refractivity contribution in [2.45, 2.75) is 26.3 Å². The standard InChI is InChI=1S/C11H17NS/c1-9(2)6-7-12-10(3)11-5-4-8-13-11/h4-5,8,10,12H,1,6-7H2,2-3H3/t10-/m0/s1. The minimum atomic E-state index is 0.472. The molecule has 1 nitrogen and oxygen atoms in total.